The summed E-state index contributed by atoms with van der Waals surface area (Å²) in [7, 11) is 0. The lowest BCUT2D eigenvalue weighted by molar-refractivity contribution is 0.466. The molecular formula is C16H20N2O. The number of hydrogen-bond donors (Lipinski definition) is 1. The van der Waals surface area contributed by atoms with Gasteiger partial charge in [-0.2, -0.15) is 5.10 Å². The summed E-state index contributed by atoms with van der Waals surface area (Å²) in [6.07, 6.45) is 6.45. The average Bonchev–Trinajstić information content (AvgIpc) is 2.86. The Hall–Kier alpha value is -2.03. The van der Waals surface area contributed by atoms with Crippen molar-refractivity contribution in [3.05, 3.63) is 53.9 Å². The van der Waals surface area contributed by atoms with E-state index in [2.05, 4.69) is 18.6 Å². The van der Waals surface area contributed by atoms with Crippen LogP contribution in [0.15, 0.2) is 37.0 Å². The zero-order valence-corrected chi connectivity index (χ0v) is 11.3. The van der Waals surface area contributed by atoms with E-state index in [4.69, 9.17) is 0 Å². The van der Waals surface area contributed by atoms with E-state index in [1.165, 1.54) is 0 Å². The van der Waals surface area contributed by atoms with Crippen LogP contribution >= 0.6 is 0 Å². The van der Waals surface area contributed by atoms with E-state index in [9.17, 15) is 5.11 Å². The number of hydrogen-bond acceptors (Lipinski definition) is 2. The molecule has 0 amide bonds. The highest BCUT2D eigenvalue weighted by Crippen LogP contribution is 2.25. The van der Waals surface area contributed by atoms with Crippen LogP contribution in [-0.2, 0) is 13.0 Å². The number of aryl methyl sites for hydroxylation is 1. The summed E-state index contributed by atoms with van der Waals surface area (Å²) in [6, 6.07) is 7.76. The Balaban J connectivity index is 2.21. The van der Waals surface area contributed by atoms with Crippen LogP contribution < -0.4 is 0 Å². The van der Waals surface area contributed by atoms with Crippen molar-refractivity contribution >= 4 is 6.08 Å². The first kappa shape index (κ1) is 13.4. The molecule has 0 aliphatic rings. The fourth-order valence-corrected chi connectivity index (χ4v) is 2.13. The molecule has 3 heteroatoms. The molecule has 1 heterocycles. The predicted octanol–water partition coefficient (Wildman–Crippen LogP) is 3.62. The molecule has 2 rings (SSSR count). The summed E-state index contributed by atoms with van der Waals surface area (Å²) in [5.74, 6) is 0.320. The smallest absolute Gasteiger partial charge is 0.126 e. The number of unbranched alkanes of at least 4 members (excludes halogenated alkanes) is 1. The van der Waals surface area contributed by atoms with Gasteiger partial charge in [0.1, 0.15) is 5.75 Å². The molecule has 0 aliphatic heterocycles. The van der Waals surface area contributed by atoms with Crippen molar-refractivity contribution < 1.29 is 5.11 Å². The first-order valence-electron chi connectivity index (χ1n) is 6.70. The fraction of sp³-hybridized carbons (Fsp3) is 0.312. The van der Waals surface area contributed by atoms with Gasteiger partial charge in [-0.25, -0.2) is 0 Å². The summed E-state index contributed by atoms with van der Waals surface area (Å²) in [6.45, 7) is 6.81. The summed E-state index contributed by atoms with van der Waals surface area (Å²) in [4.78, 5) is 0. The van der Waals surface area contributed by atoms with E-state index < -0.39 is 0 Å². The molecule has 0 saturated carbocycles. The lowest BCUT2D eigenvalue weighted by Gasteiger charge is -2.09. The zero-order chi connectivity index (χ0) is 13.7. The SMILES string of the molecule is C=Cc1cccc(Cc2ccnn2CCCC)c1O. The van der Waals surface area contributed by atoms with Gasteiger partial charge in [-0.15, -0.1) is 0 Å². The highest BCUT2D eigenvalue weighted by Gasteiger charge is 2.08. The Morgan fingerprint density at radius 1 is 1.37 bits per heavy atom. The quantitative estimate of drug-likeness (QED) is 0.857. The zero-order valence-electron chi connectivity index (χ0n) is 11.3. The standard InChI is InChI=1S/C16H20N2O/c1-3-5-11-18-15(9-10-17-18)12-14-8-6-7-13(4-2)16(14)19/h4,6-10,19H,2-3,5,11-12H2,1H3. The van der Waals surface area contributed by atoms with Crippen molar-refractivity contribution in [3.8, 4) is 5.75 Å². The van der Waals surface area contributed by atoms with Crippen LogP contribution in [0, 0.1) is 0 Å². The fourth-order valence-electron chi connectivity index (χ4n) is 2.13. The van der Waals surface area contributed by atoms with E-state index >= 15 is 0 Å². The van der Waals surface area contributed by atoms with Crippen LogP contribution in [0.3, 0.4) is 0 Å². The minimum atomic E-state index is 0.320. The van der Waals surface area contributed by atoms with Crippen molar-refractivity contribution in [2.24, 2.45) is 0 Å². The molecule has 1 aromatic carbocycles. The van der Waals surface area contributed by atoms with E-state index in [1.807, 2.05) is 35.1 Å². The van der Waals surface area contributed by atoms with E-state index in [-0.39, 0.29) is 0 Å². The van der Waals surface area contributed by atoms with Crippen molar-refractivity contribution in [3.63, 3.8) is 0 Å². The van der Waals surface area contributed by atoms with Gasteiger partial charge in [0.05, 0.1) is 0 Å². The molecular weight excluding hydrogens is 236 g/mol. The van der Waals surface area contributed by atoms with Crippen LogP contribution in [-0.4, -0.2) is 14.9 Å². The largest absolute Gasteiger partial charge is 0.507 e. The lowest BCUT2D eigenvalue weighted by Crippen LogP contribution is -2.05. The Kier molecular flexibility index (Phi) is 4.39. The van der Waals surface area contributed by atoms with E-state index in [0.29, 0.717) is 12.2 Å². The van der Waals surface area contributed by atoms with Gasteiger partial charge in [-0.3, -0.25) is 4.68 Å². The summed E-state index contributed by atoms with van der Waals surface area (Å²) >= 11 is 0. The summed E-state index contributed by atoms with van der Waals surface area (Å²) in [5, 5.41) is 14.5. The molecule has 0 fully saturated rings. The number of aromatic nitrogens is 2. The highest BCUT2D eigenvalue weighted by molar-refractivity contribution is 5.58. The van der Waals surface area contributed by atoms with Crippen LogP contribution in [0.25, 0.3) is 6.08 Å². The van der Waals surface area contributed by atoms with Crippen molar-refractivity contribution in [1.29, 1.82) is 0 Å². The Morgan fingerprint density at radius 3 is 2.95 bits per heavy atom. The second kappa shape index (κ2) is 6.23. The van der Waals surface area contributed by atoms with Gasteiger partial charge in [0.15, 0.2) is 0 Å². The minimum absolute atomic E-state index is 0.320. The lowest BCUT2D eigenvalue weighted by atomic mass is 10.0. The third kappa shape index (κ3) is 3.05. The highest BCUT2D eigenvalue weighted by atomic mass is 16.3. The molecule has 0 atom stereocenters. The summed E-state index contributed by atoms with van der Waals surface area (Å²) < 4.78 is 2.02. The normalized spacial score (nSPS) is 10.6. The van der Waals surface area contributed by atoms with Gasteiger partial charge in [0.2, 0.25) is 0 Å². The molecule has 0 spiro atoms. The predicted molar refractivity (Wildman–Crippen MR) is 78.1 cm³/mol. The molecule has 0 bridgehead atoms. The van der Waals surface area contributed by atoms with Gasteiger partial charge >= 0.3 is 0 Å². The van der Waals surface area contributed by atoms with E-state index in [1.54, 1.807) is 6.08 Å². The summed E-state index contributed by atoms with van der Waals surface area (Å²) in [5.41, 5.74) is 2.82. The molecule has 2 aromatic rings. The van der Waals surface area contributed by atoms with Gasteiger partial charge in [-0.1, -0.05) is 44.2 Å². The number of phenols is 1. The number of nitrogens with zero attached hydrogens (tertiary/aromatic N) is 2. The van der Waals surface area contributed by atoms with Crippen LogP contribution in [0.2, 0.25) is 0 Å². The number of rotatable bonds is 6. The van der Waals surface area contributed by atoms with Crippen LogP contribution in [0.1, 0.15) is 36.6 Å². The van der Waals surface area contributed by atoms with E-state index in [0.717, 1.165) is 36.2 Å². The monoisotopic (exact) mass is 256 g/mol. The Morgan fingerprint density at radius 2 is 2.21 bits per heavy atom. The second-order valence-electron chi connectivity index (χ2n) is 4.64. The Labute approximate surface area is 114 Å². The molecule has 0 aliphatic carbocycles. The minimum Gasteiger partial charge on any atom is -0.507 e. The van der Waals surface area contributed by atoms with Crippen LogP contribution in [0.5, 0.6) is 5.75 Å². The van der Waals surface area contributed by atoms with Gasteiger partial charge in [0, 0.05) is 36.0 Å². The first-order valence-corrected chi connectivity index (χ1v) is 6.70. The molecule has 3 nitrogen and oxygen atoms in total. The topological polar surface area (TPSA) is 38.0 Å². The van der Waals surface area contributed by atoms with Crippen molar-refractivity contribution in [2.45, 2.75) is 32.7 Å². The van der Waals surface area contributed by atoms with Gasteiger partial charge in [-0.05, 0) is 12.5 Å². The maximum Gasteiger partial charge on any atom is 0.126 e. The molecule has 19 heavy (non-hydrogen) atoms. The first-order chi connectivity index (χ1) is 9.26. The molecule has 1 aromatic heterocycles. The maximum atomic E-state index is 10.2. The molecule has 0 unspecified atom stereocenters. The average molecular weight is 256 g/mol. The van der Waals surface area contributed by atoms with Crippen molar-refractivity contribution in [2.75, 3.05) is 0 Å². The third-order valence-corrected chi connectivity index (χ3v) is 3.27. The molecule has 100 valence electrons. The molecule has 1 N–H and O–H groups in total. The van der Waals surface area contributed by atoms with Crippen LogP contribution in [0.4, 0.5) is 0 Å². The Bertz CT molecular complexity index is 558. The van der Waals surface area contributed by atoms with Gasteiger partial charge in [0.25, 0.3) is 0 Å². The number of aromatic hydroxyl groups is 1. The van der Waals surface area contributed by atoms with Gasteiger partial charge < -0.3 is 5.11 Å². The molecule has 0 saturated heterocycles. The maximum absolute atomic E-state index is 10.2. The number of phenolic OH excluding ortho intramolecular Hbond substituents is 1. The van der Waals surface area contributed by atoms with Crippen molar-refractivity contribution in [1.82, 2.24) is 9.78 Å². The number of benzene rings is 1. The second-order valence-corrected chi connectivity index (χ2v) is 4.64. The number of para-hydroxylation sites is 1. The molecule has 0 radical (unpaired) electrons. The third-order valence-electron chi connectivity index (χ3n) is 3.27.